The van der Waals surface area contributed by atoms with E-state index in [1.807, 2.05) is 19.1 Å². The molecule has 0 aliphatic rings. The van der Waals surface area contributed by atoms with Crippen molar-refractivity contribution in [2.45, 2.75) is 13.5 Å². The number of carbonyl (C=O) groups is 1. The Morgan fingerprint density at radius 2 is 2.04 bits per heavy atom. The fraction of sp³-hybridized carbons (Fsp3) is 0.158. The number of aromatic nitrogens is 1. The molecule has 7 heteroatoms. The molecule has 134 valence electrons. The van der Waals surface area contributed by atoms with Crippen LogP contribution in [0.1, 0.15) is 20.9 Å². The summed E-state index contributed by atoms with van der Waals surface area (Å²) in [5.74, 6) is 0.0580. The Morgan fingerprint density at radius 3 is 2.65 bits per heavy atom. The smallest absolute Gasteiger partial charge is 0.255 e. The van der Waals surface area contributed by atoms with Crippen molar-refractivity contribution in [3.05, 3.63) is 63.8 Å². The van der Waals surface area contributed by atoms with Gasteiger partial charge in [0.15, 0.2) is 0 Å². The van der Waals surface area contributed by atoms with Gasteiger partial charge in [-0.3, -0.25) is 4.79 Å². The van der Waals surface area contributed by atoms with Crippen LogP contribution in [0.3, 0.4) is 0 Å². The highest BCUT2D eigenvalue weighted by Crippen LogP contribution is 2.37. The van der Waals surface area contributed by atoms with Crippen LogP contribution in [-0.4, -0.2) is 23.1 Å². The molecule has 5 nitrogen and oxygen atoms in total. The number of carbonyl (C=O) groups excluding carboxylic acids is 1. The average Bonchev–Trinajstić information content (AvgIpc) is 3.07. The molecule has 0 saturated carbocycles. The van der Waals surface area contributed by atoms with E-state index < -0.39 is 0 Å². The summed E-state index contributed by atoms with van der Waals surface area (Å²) in [5.41, 5.74) is 1.77. The van der Waals surface area contributed by atoms with Gasteiger partial charge in [0.25, 0.3) is 5.91 Å². The summed E-state index contributed by atoms with van der Waals surface area (Å²) in [7, 11) is 1.49. The van der Waals surface area contributed by atoms with Crippen LogP contribution >= 0.6 is 22.9 Å². The van der Waals surface area contributed by atoms with Gasteiger partial charge >= 0.3 is 0 Å². The number of benzene rings is 2. The number of aromatic hydroxyl groups is 1. The van der Waals surface area contributed by atoms with Crippen LogP contribution in [-0.2, 0) is 6.54 Å². The number of nitrogens with one attached hydrogen (secondary N) is 1. The van der Waals surface area contributed by atoms with Crippen LogP contribution in [0.25, 0.3) is 10.4 Å². The Hall–Kier alpha value is -2.57. The van der Waals surface area contributed by atoms with Gasteiger partial charge in [-0.1, -0.05) is 23.7 Å². The zero-order valence-corrected chi connectivity index (χ0v) is 15.8. The molecular weight excluding hydrogens is 372 g/mol. The maximum absolute atomic E-state index is 12.5. The zero-order chi connectivity index (χ0) is 18.7. The van der Waals surface area contributed by atoms with E-state index in [2.05, 4.69) is 10.3 Å². The number of methoxy groups -OCH3 is 1. The highest BCUT2D eigenvalue weighted by atomic mass is 35.5. The standard InChI is InChI=1S/C19H17ClN2O3S/c1-11-21-10-18(26-11)14-8-17(25-2)15(7-16(14)23)19(24)22-9-12-3-5-13(20)6-4-12/h3-8,10,23H,9H2,1-2H3,(H,22,24). The predicted molar refractivity (Wildman–Crippen MR) is 103 cm³/mol. The summed E-state index contributed by atoms with van der Waals surface area (Å²) in [6.07, 6.45) is 1.69. The monoisotopic (exact) mass is 388 g/mol. The van der Waals surface area contributed by atoms with Crippen LogP contribution in [0.15, 0.2) is 42.6 Å². The first-order valence-corrected chi connectivity index (χ1v) is 9.04. The van der Waals surface area contributed by atoms with E-state index >= 15 is 0 Å². The molecule has 2 N–H and O–H groups in total. The van der Waals surface area contributed by atoms with E-state index in [1.165, 1.54) is 24.5 Å². The van der Waals surface area contributed by atoms with Gasteiger partial charge < -0.3 is 15.2 Å². The second-order valence-electron chi connectivity index (χ2n) is 5.62. The van der Waals surface area contributed by atoms with Crippen molar-refractivity contribution in [3.8, 4) is 21.9 Å². The Morgan fingerprint density at radius 1 is 1.31 bits per heavy atom. The molecule has 3 aromatic rings. The molecule has 0 spiro atoms. The Kier molecular flexibility index (Phi) is 5.44. The molecule has 0 saturated heterocycles. The molecular formula is C19H17ClN2O3S. The van der Waals surface area contributed by atoms with Gasteiger partial charge in [0.1, 0.15) is 11.5 Å². The highest BCUT2D eigenvalue weighted by Gasteiger charge is 2.18. The summed E-state index contributed by atoms with van der Waals surface area (Å²) in [4.78, 5) is 17.5. The third kappa shape index (κ3) is 3.98. The molecule has 1 aromatic heterocycles. The predicted octanol–water partition coefficient (Wildman–Crippen LogP) is 4.42. The van der Waals surface area contributed by atoms with Gasteiger partial charge in [-0.15, -0.1) is 11.3 Å². The maximum Gasteiger partial charge on any atom is 0.255 e. The summed E-state index contributed by atoms with van der Waals surface area (Å²) >= 11 is 7.32. The summed E-state index contributed by atoms with van der Waals surface area (Å²) in [6.45, 7) is 2.23. The van der Waals surface area contributed by atoms with Crippen LogP contribution in [0.2, 0.25) is 5.02 Å². The van der Waals surface area contributed by atoms with E-state index in [4.69, 9.17) is 16.3 Å². The van der Waals surface area contributed by atoms with Gasteiger partial charge in [0.2, 0.25) is 0 Å². The molecule has 0 aliphatic carbocycles. The molecule has 0 radical (unpaired) electrons. The molecule has 0 atom stereocenters. The molecule has 1 amide bonds. The second kappa shape index (κ2) is 7.76. The average molecular weight is 389 g/mol. The first-order valence-electron chi connectivity index (χ1n) is 7.84. The van der Waals surface area contributed by atoms with E-state index in [-0.39, 0.29) is 17.2 Å². The molecule has 2 aromatic carbocycles. The van der Waals surface area contributed by atoms with Gasteiger partial charge in [-0.2, -0.15) is 0 Å². The van der Waals surface area contributed by atoms with Crippen LogP contribution < -0.4 is 10.1 Å². The fourth-order valence-corrected chi connectivity index (χ4v) is 3.41. The number of aryl methyl sites for hydroxylation is 1. The van der Waals surface area contributed by atoms with Gasteiger partial charge in [-0.05, 0) is 36.8 Å². The van der Waals surface area contributed by atoms with Gasteiger partial charge in [0, 0.05) is 23.3 Å². The van der Waals surface area contributed by atoms with E-state index in [1.54, 1.807) is 24.4 Å². The van der Waals surface area contributed by atoms with Crippen molar-refractivity contribution in [1.29, 1.82) is 0 Å². The minimum absolute atomic E-state index is 0.00564. The van der Waals surface area contributed by atoms with E-state index in [0.29, 0.717) is 22.9 Å². The summed E-state index contributed by atoms with van der Waals surface area (Å²) in [6, 6.07) is 10.3. The van der Waals surface area contributed by atoms with E-state index in [9.17, 15) is 9.90 Å². The van der Waals surface area contributed by atoms with Crippen molar-refractivity contribution >= 4 is 28.8 Å². The largest absolute Gasteiger partial charge is 0.507 e. The molecule has 0 bridgehead atoms. The third-order valence-corrected chi connectivity index (χ3v) is 5.01. The number of rotatable bonds is 5. The Labute approximate surface area is 160 Å². The zero-order valence-electron chi connectivity index (χ0n) is 14.2. The topological polar surface area (TPSA) is 71.5 Å². The normalized spacial score (nSPS) is 10.6. The SMILES string of the molecule is COc1cc(-c2cnc(C)s2)c(O)cc1C(=O)NCc1ccc(Cl)cc1. The minimum atomic E-state index is -0.334. The van der Waals surface area contributed by atoms with Gasteiger partial charge in [0.05, 0.1) is 22.6 Å². The van der Waals surface area contributed by atoms with Crippen molar-refractivity contribution in [2.75, 3.05) is 7.11 Å². The molecule has 26 heavy (non-hydrogen) atoms. The summed E-state index contributed by atoms with van der Waals surface area (Å²) in [5, 5.41) is 14.7. The third-order valence-electron chi connectivity index (χ3n) is 3.82. The minimum Gasteiger partial charge on any atom is -0.507 e. The number of thiazole rings is 1. The fourth-order valence-electron chi connectivity index (χ4n) is 2.48. The molecule has 0 unspecified atom stereocenters. The lowest BCUT2D eigenvalue weighted by atomic mass is 10.1. The number of ether oxygens (including phenoxy) is 1. The lowest BCUT2D eigenvalue weighted by Gasteiger charge is -2.12. The van der Waals surface area contributed by atoms with Crippen LogP contribution in [0.5, 0.6) is 11.5 Å². The van der Waals surface area contributed by atoms with Crippen molar-refractivity contribution in [3.63, 3.8) is 0 Å². The van der Waals surface area contributed by atoms with Crippen molar-refractivity contribution in [1.82, 2.24) is 10.3 Å². The number of phenolic OH excluding ortho intramolecular Hbond substituents is 1. The number of amides is 1. The van der Waals surface area contributed by atoms with Crippen LogP contribution in [0.4, 0.5) is 0 Å². The lowest BCUT2D eigenvalue weighted by molar-refractivity contribution is 0.0947. The number of hydrogen-bond donors (Lipinski definition) is 2. The van der Waals surface area contributed by atoms with Crippen molar-refractivity contribution in [2.24, 2.45) is 0 Å². The van der Waals surface area contributed by atoms with Crippen molar-refractivity contribution < 1.29 is 14.6 Å². The first-order chi connectivity index (χ1) is 12.5. The van der Waals surface area contributed by atoms with Gasteiger partial charge in [-0.25, -0.2) is 4.98 Å². The number of nitrogens with zero attached hydrogens (tertiary/aromatic N) is 1. The highest BCUT2D eigenvalue weighted by molar-refractivity contribution is 7.15. The molecule has 1 heterocycles. The van der Waals surface area contributed by atoms with E-state index in [0.717, 1.165) is 15.4 Å². The number of halogens is 1. The Balaban J connectivity index is 1.83. The molecule has 0 aliphatic heterocycles. The molecule has 0 fully saturated rings. The van der Waals surface area contributed by atoms with Crippen LogP contribution in [0, 0.1) is 6.92 Å². The second-order valence-corrected chi connectivity index (χ2v) is 7.29. The summed E-state index contributed by atoms with van der Waals surface area (Å²) < 4.78 is 5.35. The first kappa shape index (κ1) is 18.2. The lowest BCUT2D eigenvalue weighted by Crippen LogP contribution is -2.23. The molecule has 3 rings (SSSR count). The quantitative estimate of drug-likeness (QED) is 0.678. The Bertz CT molecular complexity index is 938. The number of hydrogen-bond acceptors (Lipinski definition) is 5. The number of phenols is 1. The maximum atomic E-state index is 12.5.